The predicted octanol–water partition coefficient (Wildman–Crippen LogP) is 4.98. The fourth-order valence-corrected chi connectivity index (χ4v) is 2.58. The van der Waals surface area contributed by atoms with Crippen molar-refractivity contribution in [2.75, 3.05) is 0 Å². The van der Waals surface area contributed by atoms with Gasteiger partial charge in [-0.05, 0) is 43.4 Å². The second-order valence-electron chi connectivity index (χ2n) is 7.65. The summed E-state index contributed by atoms with van der Waals surface area (Å²) in [5.74, 6) is 0.262. The van der Waals surface area contributed by atoms with E-state index in [1.807, 2.05) is 51.1 Å². The zero-order chi connectivity index (χ0) is 18.4. The van der Waals surface area contributed by atoms with Crippen molar-refractivity contribution in [2.24, 2.45) is 0 Å². The Morgan fingerprint density at radius 3 is 2.08 bits per heavy atom. The van der Waals surface area contributed by atoms with Gasteiger partial charge in [0.2, 0.25) is 0 Å². The van der Waals surface area contributed by atoms with Crippen LogP contribution in [0.25, 0.3) is 0 Å². The second kappa shape index (κ2) is 8.30. The molecule has 0 saturated carbocycles. The van der Waals surface area contributed by atoms with Gasteiger partial charge in [0.25, 0.3) is 0 Å². The number of benzene rings is 2. The smallest absolute Gasteiger partial charge is 0.328 e. The third-order valence-electron chi connectivity index (χ3n) is 3.93. The van der Waals surface area contributed by atoms with E-state index in [9.17, 15) is 4.79 Å². The lowest BCUT2D eigenvalue weighted by Crippen LogP contribution is -2.34. The van der Waals surface area contributed by atoms with Gasteiger partial charge in [-0.3, -0.25) is 5.32 Å². The molecule has 0 aliphatic rings. The van der Waals surface area contributed by atoms with Crippen LogP contribution in [-0.4, -0.2) is 11.6 Å². The van der Waals surface area contributed by atoms with Crippen LogP contribution in [-0.2, 0) is 16.1 Å². The van der Waals surface area contributed by atoms with Crippen LogP contribution >= 0.6 is 0 Å². The summed E-state index contributed by atoms with van der Waals surface area (Å²) in [5.41, 5.74) is 2.87. The molecule has 2 rings (SSSR count). The monoisotopic (exact) mass is 339 g/mol. The number of carbonyl (C=O) groups is 1. The maximum absolute atomic E-state index is 12.6. The maximum atomic E-state index is 12.6. The molecule has 0 saturated heterocycles. The molecule has 0 radical (unpaired) electrons. The van der Waals surface area contributed by atoms with Gasteiger partial charge in [0.15, 0.2) is 0 Å². The fraction of sp³-hybridized carbons (Fsp3) is 0.409. The summed E-state index contributed by atoms with van der Waals surface area (Å²) in [6, 6.07) is 17.7. The van der Waals surface area contributed by atoms with Crippen LogP contribution in [0.4, 0.5) is 0 Å². The fourth-order valence-electron chi connectivity index (χ4n) is 2.58. The number of esters is 1. The lowest BCUT2D eigenvalue weighted by Gasteiger charge is -2.25. The van der Waals surface area contributed by atoms with E-state index >= 15 is 0 Å². The van der Waals surface area contributed by atoms with Crippen LogP contribution in [0.1, 0.15) is 63.3 Å². The van der Waals surface area contributed by atoms with Gasteiger partial charge >= 0.3 is 5.97 Å². The van der Waals surface area contributed by atoms with Crippen LogP contribution in [0.5, 0.6) is 0 Å². The maximum Gasteiger partial charge on any atom is 0.328 e. The van der Waals surface area contributed by atoms with Crippen molar-refractivity contribution in [3.63, 3.8) is 0 Å². The predicted molar refractivity (Wildman–Crippen MR) is 102 cm³/mol. The summed E-state index contributed by atoms with van der Waals surface area (Å²) in [6.07, 6.45) is 0. The molecule has 25 heavy (non-hydrogen) atoms. The van der Waals surface area contributed by atoms with Crippen molar-refractivity contribution < 1.29 is 9.53 Å². The highest BCUT2D eigenvalue weighted by atomic mass is 16.6. The van der Waals surface area contributed by atoms with Crippen LogP contribution in [0, 0.1) is 0 Å². The Morgan fingerprint density at radius 1 is 0.960 bits per heavy atom. The molecule has 2 aromatic rings. The van der Waals surface area contributed by atoms with Gasteiger partial charge in [-0.25, -0.2) is 4.79 Å². The van der Waals surface area contributed by atoms with Gasteiger partial charge < -0.3 is 4.74 Å². The highest BCUT2D eigenvalue weighted by Gasteiger charge is 2.26. The Kier molecular flexibility index (Phi) is 6.38. The Bertz CT molecular complexity index is 669. The van der Waals surface area contributed by atoms with E-state index in [-0.39, 0.29) is 5.97 Å². The molecule has 0 aliphatic carbocycles. The van der Waals surface area contributed by atoms with E-state index < -0.39 is 11.6 Å². The Labute approximate surface area is 151 Å². The largest absolute Gasteiger partial charge is 0.459 e. The lowest BCUT2D eigenvalue weighted by molar-refractivity contribution is -0.157. The number of hydrogen-bond acceptors (Lipinski definition) is 3. The molecule has 2 aromatic carbocycles. The minimum absolute atomic E-state index is 0.252. The van der Waals surface area contributed by atoms with Gasteiger partial charge in [0, 0.05) is 6.54 Å². The van der Waals surface area contributed by atoms with E-state index in [2.05, 4.69) is 43.4 Å². The molecule has 1 atom stereocenters. The Morgan fingerprint density at radius 2 is 1.56 bits per heavy atom. The summed E-state index contributed by atoms with van der Waals surface area (Å²) >= 11 is 0. The molecule has 0 heterocycles. The Balaban J connectivity index is 2.12. The second-order valence-corrected chi connectivity index (χ2v) is 7.65. The normalized spacial score (nSPS) is 12.9. The third kappa shape index (κ3) is 6.02. The summed E-state index contributed by atoms with van der Waals surface area (Å²) in [5, 5.41) is 3.35. The van der Waals surface area contributed by atoms with E-state index in [1.54, 1.807) is 0 Å². The molecule has 0 bridgehead atoms. The zero-order valence-electron chi connectivity index (χ0n) is 15.9. The van der Waals surface area contributed by atoms with Gasteiger partial charge in [-0.1, -0.05) is 68.4 Å². The molecule has 0 spiro atoms. The first kappa shape index (κ1) is 19.2. The van der Waals surface area contributed by atoms with E-state index in [0.717, 1.165) is 11.1 Å². The lowest BCUT2D eigenvalue weighted by atomic mass is 10.0. The van der Waals surface area contributed by atoms with Crippen LogP contribution in [0.15, 0.2) is 54.6 Å². The van der Waals surface area contributed by atoms with Crippen molar-refractivity contribution in [3.05, 3.63) is 71.3 Å². The van der Waals surface area contributed by atoms with Crippen molar-refractivity contribution in [3.8, 4) is 0 Å². The SMILES string of the molecule is CC(C)c1ccc(CNC(C(=O)OC(C)(C)C)c2ccccc2)cc1. The quantitative estimate of drug-likeness (QED) is 0.754. The molecule has 0 aromatic heterocycles. The van der Waals surface area contributed by atoms with Gasteiger partial charge in [0.05, 0.1) is 0 Å². The minimum atomic E-state index is -0.509. The molecular formula is C22H29NO2. The summed E-state index contributed by atoms with van der Waals surface area (Å²) in [4.78, 5) is 12.6. The molecule has 1 N–H and O–H groups in total. The summed E-state index contributed by atoms with van der Waals surface area (Å²) in [6.45, 7) is 10.6. The third-order valence-corrected chi connectivity index (χ3v) is 3.93. The summed E-state index contributed by atoms with van der Waals surface area (Å²) in [7, 11) is 0. The van der Waals surface area contributed by atoms with Crippen molar-refractivity contribution in [2.45, 2.75) is 58.7 Å². The summed E-state index contributed by atoms with van der Waals surface area (Å²) < 4.78 is 5.59. The molecule has 134 valence electrons. The Hall–Kier alpha value is -2.13. The van der Waals surface area contributed by atoms with Crippen LogP contribution in [0.3, 0.4) is 0 Å². The first-order valence-corrected chi connectivity index (χ1v) is 8.86. The number of rotatable bonds is 6. The first-order valence-electron chi connectivity index (χ1n) is 8.86. The molecule has 0 amide bonds. The topological polar surface area (TPSA) is 38.3 Å². The van der Waals surface area contributed by atoms with E-state index in [1.165, 1.54) is 5.56 Å². The standard InChI is InChI=1S/C22H29NO2/c1-16(2)18-13-11-17(12-14-18)15-23-20(19-9-7-6-8-10-19)21(24)25-22(3,4)5/h6-14,16,20,23H,15H2,1-5H3. The molecule has 0 aliphatic heterocycles. The van der Waals surface area contributed by atoms with Gasteiger partial charge in [0.1, 0.15) is 11.6 Å². The molecule has 3 heteroatoms. The number of carbonyl (C=O) groups excluding carboxylic acids is 1. The van der Waals surface area contributed by atoms with Crippen molar-refractivity contribution >= 4 is 5.97 Å². The average molecular weight is 339 g/mol. The first-order chi connectivity index (χ1) is 11.8. The molecule has 1 unspecified atom stereocenters. The molecule has 3 nitrogen and oxygen atoms in total. The van der Waals surface area contributed by atoms with Gasteiger partial charge in [-0.15, -0.1) is 0 Å². The van der Waals surface area contributed by atoms with Crippen molar-refractivity contribution in [1.29, 1.82) is 0 Å². The highest BCUT2D eigenvalue weighted by molar-refractivity contribution is 5.78. The van der Waals surface area contributed by atoms with Gasteiger partial charge in [-0.2, -0.15) is 0 Å². The molecular weight excluding hydrogens is 310 g/mol. The average Bonchev–Trinajstić information content (AvgIpc) is 2.55. The molecule has 0 fully saturated rings. The van der Waals surface area contributed by atoms with Crippen molar-refractivity contribution in [1.82, 2.24) is 5.32 Å². The van der Waals surface area contributed by atoms with Crippen LogP contribution < -0.4 is 5.32 Å². The number of nitrogens with one attached hydrogen (secondary N) is 1. The number of hydrogen-bond donors (Lipinski definition) is 1. The minimum Gasteiger partial charge on any atom is -0.459 e. The van der Waals surface area contributed by atoms with E-state index in [4.69, 9.17) is 4.74 Å². The van der Waals surface area contributed by atoms with E-state index in [0.29, 0.717) is 12.5 Å². The highest BCUT2D eigenvalue weighted by Crippen LogP contribution is 2.20. The zero-order valence-corrected chi connectivity index (χ0v) is 15.9. The number of ether oxygens (including phenoxy) is 1. The van der Waals surface area contributed by atoms with Crippen LogP contribution in [0.2, 0.25) is 0 Å².